The first kappa shape index (κ1) is 31.6. The lowest BCUT2D eigenvalue weighted by Gasteiger charge is -2.31. The van der Waals surface area contributed by atoms with Crippen molar-refractivity contribution in [3.8, 4) is 17.2 Å². The summed E-state index contributed by atoms with van der Waals surface area (Å²) in [5.41, 5.74) is 1.93. The third-order valence-electron chi connectivity index (χ3n) is 8.49. The topological polar surface area (TPSA) is 88.5 Å². The molecule has 3 unspecified atom stereocenters. The monoisotopic (exact) mass is 582 g/mol. The Bertz CT molecular complexity index is 1210. The fourth-order valence-electron chi connectivity index (χ4n) is 6.27. The van der Waals surface area contributed by atoms with E-state index in [9.17, 15) is 14.7 Å². The molecule has 0 bridgehead atoms. The summed E-state index contributed by atoms with van der Waals surface area (Å²) in [5.74, 6) is 0.375. The number of rotatable bonds is 15. The zero-order chi connectivity index (χ0) is 30.3. The molecule has 1 fully saturated rings. The quantitative estimate of drug-likeness (QED) is 0.314. The number of carboxylic acids is 1. The summed E-state index contributed by atoms with van der Waals surface area (Å²) >= 11 is 0. The number of hydrogen-bond acceptors (Lipinski definition) is 6. The maximum Gasteiger partial charge on any atom is 0.308 e. The van der Waals surface area contributed by atoms with Crippen molar-refractivity contribution in [2.45, 2.75) is 51.0 Å². The standard InChI is InChI=1S/C33H47N3O6/c1-6-7-17-34(18-10-19-36(2,3)4)31(37)22-35-21-26(25-14-16-29-30(20-25)42-23-41-29)32(33(38)39)27(35)15-13-24-11-8-9-12-28(24)40-5/h8-9,11-12,14,16,20,26-27,32H,6-7,10,13,15,17-19,21-23H2,1-5H3/p+1. The molecular weight excluding hydrogens is 534 g/mol. The van der Waals surface area contributed by atoms with Crippen molar-refractivity contribution >= 4 is 11.9 Å². The fraction of sp³-hybridized carbons (Fsp3) is 0.576. The van der Waals surface area contributed by atoms with E-state index in [-0.39, 0.29) is 31.2 Å². The first-order valence-electron chi connectivity index (χ1n) is 15.2. The number of nitrogens with zero attached hydrogens (tertiary/aromatic N) is 3. The largest absolute Gasteiger partial charge is 0.496 e. The molecule has 0 spiro atoms. The molecule has 2 aromatic rings. The van der Waals surface area contributed by atoms with Crippen LogP contribution in [-0.4, -0.2) is 105 Å². The van der Waals surface area contributed by atoms with Gasteiger partial charge in [-0.05, 0) is 48.6 Å². The third kappa shape index (κ3) is 7.95. The molecule has 2 aliphatic heterocycles. The average molecular weight is 583 g/mol. The molecule has 0 aliphatic carbocycles. The average Bonchev–Trinajstić information content (AvgIpc) is 3.57. The van der Waals surface area contributed by atoms with Crippen molar-refractivity contribution in [3.05, 3.63) is 53.6 Å². The molecule has 9 nitrogen and oxygen atoms in total. The zero-order valence-corrected chi connectivity index (χ0v) is 25.9. The third-order valence-corrected chi connectivity index (χ3v) is 8.49. The van der Waals surface area contributed by atoms with Crippen molar-refractivity contribution in [2.24, 2.45) is 5.92 Å². The summed E-state index contributed by atoms with van der Waals surface area (Å²) in [6.45, 7) is 5.40. The van der Waals surface area contributed by atoms with Crippen molar-refractivity contribution in [3.63, 3.8) is 0 Å². The van der Waals surface area contributed by atoms with Gasteiger partial charge in [-0.15, -0.1) is 0 Å². The Morgan fingerprint density at radius 1 is 1.07 bits per heavy atom. The number of carboxylic acid groups (broad SMARTS) is 1. The Morgan fingerprint density at radius 3 is 2.52 bits per heavy atom. The van der Waals surface area contributed by atoms with E-state index in [1.165, 1.54) is 0 Å². The second kappa shape index (κ2) is 14.2. The molecule has 4 rings (SSSR count). The van der Waals surface area contributed by atoms with Gasteiger partial charge in [0.15, 0.2) is 11.5 Å². The van der Waals surface area contributed by atoms with Gasteiger partial charge in [0.05, 0.1) is 47.3 Å². The van der Waals surface area contributed by atoms with Crippen molar-refractivity contribution in [1.82, 2.24) is 9.80 Å². The molecule has 0 radical (unpaired) electrons. The van der Waals surface area contributed by atoms with Crippen molar-refractivity contribution < 1.29 is 33.4 Å². The van der Waals surface area contributed by atoms with Gasteiger partial charge in [0, 0.05) is 38.0 Å². The van der Waals surface area contributed by atoms with Gasteiger partial charge in [0.2, 0.25) is 12.7 Å². The molecule has 2 aliphatic rings. The first-order valence-corrected chi connectivity index (χ1v) is 15.2. The van der Waals surface area contributed by atoms with E-state index in [4.69, 9.17) is 14.2 Å². The smallest absolute Gasteiger partial charge is 0.308 e. The predicted octanol–water partition coefficient (Wildman–Crippen LogP) is 4.25. The van der Waals surface area contributed by atoms with Crippen LogP contribution >= 0.6 is 0 Å². The number of likely N-dealkylation sites (tertiary alicyclic amines) is 1. The van der Waals surface area contributed by atoms with Crippen LogP contribution in [0.3, 0.4) is 0 Å². The molecule has 42 heavy (non-hydrogen) atoms. The van der Waals surface area contributed by atoms with Gasteiger partial charge in [-0.25, -0.2) is 0 Å². The number of aryl methyl sites for hydroxylation is 1. The van der Waals surface area contributed by atoms with Gasteiger partial charge in [-0.1, -0.05) is 37.6 Å². The van der Waals surface area contributed by atoms with E-state index in [1.54, 1.807) is 7.11 Å². The predicted molar refractivity (Wildman–Crippen MR) is 162 cm³/mol. The number of quaternary nitrogens is 1. The number of hydrogen-bond donors (Lipinski definition) is 1. The number of ether oxygens (including phenoxy) is 3. The lowest BCUT2D eigenvalue weighted by atomic mass is 9.83. The minimum absolute atomic E-state index is 0.0719. The summed E-state index contributed by atoms with van der Waals surface area (Å²) in [5, 5.41) is 10.6. The van der Waals surface area contributed by atoms with Gasteiger partial charge in [0.25, 0.3) is 0 Å². The summed E-state index contributed by atoms with van der Waals surface area (Å²) in [6.07, 6.45) is 4.14. The van der Waals surface area contributed by atoms with Crippen LogP contribution in [0.1, 0.15) is 49.7 Å². The van der Waals surface area contributed by atoms with Crippen LogP contribution in [0.4, 0.5) is 0 Å². The van der Waals surface area contributed by atoms with E-state index in [0.29, 0.717) is 37.4 Å². The van der Waals surface area contributed by atoms with Crippen LogP contribution in [-0.2, 0) is 16.0 Å². The number of fused-ring (bicyclic) bond motifs is 1. The van der Waals surface area contributed by atoms with Crippen LogP contribution in [0.25, 0.3) is 0 Å². The second-order valence-electron chi connectivity index (χ2n) is 12.5. The highest BCUT2D eigenvalue weighted by Crippen LogP contribution is 2.43. The number of amides is 1. The van der Waals surface area contributed by atoms with Gasteiger partial charge in [-0.2, -0.15) is 0 Å². The van der Waals surface area contributed by atoms with E-state index >= 15 is 0 Å². The van der Waals surface area contributed by atoms with Crippen LogP contribution < -0.4 is 14.2 Å². The van der Waals surface area contributed by atoms with Crippen molar-refractivity contribution in [2.75, 3.05) is 67.8 Å². The van der Waals surface area contributed by atoms with Gasteiger partial charge in [0.1, 0.15) is 5.75 Å². The van der Waals surface area contributed by atoms with Gasteiger partial charge in [-0.3, -0.25) is 14.5 Å². The van der Waals surface area contributed by atoms with E-state index < -0.39 is 11.9 Å². The van der Waals surface area contributed by atoms with Crippen LogP contribution in [0.2, 0.25) is 0 Å². The molecule has 9 heteroatoms. The Balaban J connectivity index is 1.59. The molecule has 0 saturated carbocycles. The molecule has 2 aromatic carbocycles. The SMILES string of the molecule is CCCCN(CCC[N+](C)(C)C)C(=O)CN1CC(c2ccc3c(c2)OCO3)C(C(=O)O)C1CCc1ccccc1OC. The minimum atomic E-state index is -0.844. The van der Waals surface area contributed by atoms with Gasteiger partial charge < -0.3 is 28.7 Å². The summed E-state index contributed by atoms with van der Waals surface area (Å²) in [6, 6.07) is 13.2. The van der Waals surface area contributed by atoms with E-state index in [2.05, 4.69) is 33.0 Å². The molecule has 1 saturated heterocycles. The Labute approximate surface area is 250 Å². The van der Waals surface area contributed by atoms with E-state index in [1.807, 2.05) is 47.4 Å². The molecular formula is C33H48N3O6+. The minimum Gasteiger partial charge on any atom is -0.496 e. The Hall–Kier alpha value is -3.30. The van der Waals surface area contributed by atoms with Crippen LogP contribution in [0.15, 0.2) is 42.5 Å². The number of unbranched alkanes of at least 4 members (excludes halogenated alkanes) is 1. The Morgan fingerprint density at radius 2 is 1.81 bits per heavy atom. The molecule has 230 valence electrons. The second-order valence-corrected chi connectivity index (χ2v) is 12.5. The summed E-state index contributed by atoms with van der Waals surface area (Å²) in [7, 11) is 8.14. The molecule has 0 aromatic heterocycles. The highest BCUT2D eigenvalue weighted by molar-refractivity contribution is 5.79. The normalized spacial score (nSPS) is 20.1. The molecule has 3 atom stereocenters. The van der Waals surface area contributed by atoms with Gasteiger partial charge >= 0.3 is 5.97 Å². The zero-order valence-electron chi connectivity index (χ0n) is 25.9. The number of carbonyl (C=O) groups is 2. The van der Waals surface area contributed by atoms with Crippen molar-refractivity contribution in [1.29, 1.82) is 0 Å². The number of aliphatic carboxylic acids is 1. The van der Waals surface area contributed by atoms with E-state index in [0.717, 1.165) is 53.7 Å². The Kier molecular flexibility index (Phi) is 10.7. The summed E-state index contributed by atoms with van der Waals surface area (Å²) in [4.78, 5) is 30.8. The summed E-state index contributed by atoms with van der Waals surface area (Å²) < 4.78 is 17.5. The highest BCUT2D eigenvalue weighted by atomic mass is 16.7. The highest BCUT2D eigenvalue weighted by Gasteiger charge is 2.47. The number of para-hydroxylation sites is 1. The molecule has 2 heterocycles. The van der Waals surface area contributed by atoms with Crippen LogP contribution in [0.5, 0.6) is 17.2 Å². The maximum atomic E-state index is 13.8. The molecule has 1 N–H and O–H groups in total. The number of carbonyl (C=O) groups excluding carboxylic acids is 1. The first-order chi connectivity index (χ1) is 20.1. The fourth-order valence-corrected chi connectivity index (χ4v) is 6.27. The lowest BCUT2D eigenvalue weighted by Crippen LogP contribution is -2.45. The number of methoxy groups -OCH3 is 1. The van der Waals surface area contributed by atoms with Crippen LogP contribution in [0, 0.1) is 5.92 Å². The maximum absolute atomic E-state index is 13.8. The molecule has 1 amide bonds. The number of benzene rings is 2. The lowest BCUT2D eigenvalue weighted by molar-refractivity contribution is -0.870.